The number of allylic oxidation sites excluding steroid dienone is 1. The van der Waals surface area contributed by atoms with Crippen molar-refractivity contribution < 1.29 is 28.7 Å². The zero-order valence-corrected chi connectivity index (χ0v) is 19.7. The van der Waals surface area contributed by atoms with Crippen LogP contribution in [0.2, 0.25) is 0 Å². The summed E-state index contributed by atoms with van der Waals surface area (Å²) in [5.41, 5.74) is -0.434. The summed E-state index contributed by atoms with van der Waals surface area (Å²) < 4.78 is 6.06. The lowest BCUT2D eigenvalue weighted by Gasteiger charge is -2.18. The van der Waals surface area contributed by atoms with E-state index in [1.165, 1.54) is 47.6 Å². The molecule has 0 bridgehead atoms. The second-order valence-corrected chi connectivity index (χ2v) is 8.23. The van der Waals surface area contributed by atoms with Crippen LogP contribution in [0.4, 0.5) is 5.69 Å². The van der Waals surface area contributed by atoms with E-state index in [-0.39, 0.29) is 36.5 Å². The van der Waals surface area contributed by atoms with Crippen LogP contribution in [0.15, 0.2) is 58.3 Å². The number of furan rings is 1. The minimum atomic E-state index is -1.13. The van der Waals surface area contributed by atoms with Crippen molar-refractivity contribution in [2.45, 2.75) is 45.7 Å². The lowest BCUT2D eigenvalue weighted by atomic mass is 10.1. The molecule has 0 radical (unpaired) electrons. The Hall–Kier alpha value is -4.15. The minimum absolute atomic E-state index is 0.0591. The van der Waals surface area contributed by atoms with E-state index >= 15 is 0 Å². The van der Waals surface area contributed by atoms with E-state index in [4.69, 9.17) is 9.52 Å². The standard InChI is InChI=1S/C24H30N4O7/c1-16(2)9-11-25-20(29)14-28-12-5-7-19(24(28)34)27-23(33)18(6-3-4-8-21(30)31)26-22(32)17-10-13-35-15-17/h4-5,7-8,10,12-13,15-16,18H,3,6,9,11,14H2,1-2H3,(H,25,29)(H,26,32)(H,27,33)(H,30,31). The second kappa shape index (κ2) is 13.5. The first-order valence-corrected chi connectivity index (χ1v) is 11.2. The van der Waals surface area contributed by atoms with Crippen molar-refractivity contribution in [2.24, 2.45) is 5.92 Å². The largest absolute Gasteiger partial charge is 0.478 e. The zero-order valence-electron chi connectivity index (χ0n) is 19.7. The fraction of sp³-hybridized carbons (Fsp3) is 0.375. The van der Waals surface area contributed by atoms with Gasteiger partial charge in [0.1, 0.15) is 24.5 Å². The molecule has 0 spiro atoms. The smallest absolute Gasteiger partial charge is 0.327 e. The Labute approximate surface area is 202 Å². The molecule has 2 rings (SSSR count). The van der Waals surface area contributed by atoms with Crippen LogP contribution in [0, 0.1) is 5.92 Å². The van der Waals surface area contributed by atoms with Crippen LogP contribution < -0.4 is 21.5 Å². The molecule has 0 aliphatic carbocycles. The fourth-order valence-corrected chi connectivity index (χ4v) is 3.04. The molecule has 3 amide bonds. The van der Waals surface area contributed by atoms with Crippen molar-refractivity contribution in [1.29, 1.82) is 0 Å². The number of carboxylic acid groups (broad SMARTS) is 1. The van der Waals surface area contributed by atoms with Gasteiger partial charge in [-0.15, -0.1) is 0 Å². The number of amides is 3. The summed E-state index contributed by atoms with van der Waals surface area (Å²) in [6, 6.07) is 3.28. The summed E-state index contributed by atoms with van der Waals surface area (Å²) in [5.74, 6) is -2.26. The van der Waals surface area contributed by atoms with Gasteiger partial charge in [0.2, 0.25) is 11.8 Å². The van der Waals surface area contributed by atoms with Gasteiger partial charge in [0.25, 0.3) is 11.5 Å². The summed E-state index contributed by atoms with van der Waals surface area (Å²) in [5, 5.41) is 16.5. The normalized spacial score (nSPS) is 11.9. The van der Waals surface area contributed by atoms with Crippen LogP contribution in [0.5, 0.6) is 0 Å². The van der Waals surface area contributed by atoms with Crippen molar-refractivity contribution in [3.63, 3.8) is 0 Å². The third kappa shape index (κ3) is 9.32. The number of anilines is 1. The van der Waals surface area contributed by atoms with Gasteiger partial charge in [0, 0.05) is 18.8 Å². The number of hydrogen-bond acceptors (Lipinski definition) is 6. The van der Waals surface area contributed by atoms with E-state index < -0.39 is 29.4 Å². The molecule has 0 aliphatic heterocycles. The average Bonchev–Trinajstić information content (AvgIpc) is 3.33. The number of carboxylic acids is 1. The summed E-state index contributed by atoms with van der Waals surface area (Å²) in [6.45, 7) is 4.36. The summed E-state index contributed by atoms with van der Waals surface area (Å²) >= 11 is 0. The zero-order chi connectivity index (χ0) is 25.8. The van der Waals surface area contributed by atoms with Crippen LogP contribution in [-0.2, 0) is 20.9 Å². The fourth-order valence-electron chi connectivity index (χ4n) is 3.04. The highest BCUT2D eigenvalue weighted by Gasteiger charge is 2.22. The van der Waals surface area contributed by atoms with Crippen molar-refractivity contribution >= 4 is 29.4 Å². The molecule has 4 N–H and O–H groups in total. The molecule has 0 aromatic carbocycles. The topological polar surface area (TPSA) is 160 Å². The first-order chi connectivity index (χ1) is 16.7. The number of rotatable bonds is 13. The predicted octanol–water partition coefficient (Wildman–Crippen LogP) is 1.76. The van der Waals surface area contributed by atoms with E-state index in [0.717, 1.165) is 12.5 Å². The Morgan fingerprint density at radius 2 is 1.94 bits per heavy atom. The minimum Gasteiger partial charge on any atom is -0.478 e. The van der Waals surface area contributed by atoms with Crippen LogP contribution in [-0.4, -0.2) is 46.0 Å². The first-order valence-electron chi connectivity index (χ1n) is 11.2. The molecule has 2 heterocycles. The average molecular weight is 487 g/mol. The predicted molar refractivity (Wildman–Crippen MR) is 128 cm³/mol. The van der Waals surface area contributed by atoms with Gasteiger partial charge in [0.05, 0.1) is 11.8 Å². The number of carbonyl (C=O) groups is 4. The highest BCUT2D eigenvalue weighted by Crippen LogP contribution is 2.07. The maximum absolute atomic E-state index is 12.9. The Morgan fingerprint density at radius 1 is 1.17 bits per heavy atom. The molecule has 0 fully saturated rings. The third-order valence-electron chi connectivity index (χ3n) is 4.92. The Kier molecular flexibility index (Phi) is 10.5. The van der Waals surface area contributed by atoms with Gasteiger partial charge in [-0.2, -0.15) is 0 Å². The van der Waals surface area contributed by atoms with E-state index in [1.54, 1.807) is 0 Å². The molecule has 0 saturated heterocycles. The molecule has 11 heteroatoms. The quantitative estimate of drug-likeness (QED) is 0.314. The Morgan fingerprint density at radius 3 is 2.60 bits per heavy atom. The van der Waals surface area contributed by atoms with Gasteiger partial charge < -0.3 is 30.0 Å². The van der Waals surface area contributed by atoms with Gasteiger partial charge in [-0.1, -0.05) is 19.9 Å². The van der Waals surface area contributed by atoms with Crippen LogP contribution in [0.25, 0.3) is 0 Å². The Bertz CT molecular complexity index is 1100. The number of aliphatic carboxylic acids is 1. The number of aromatic nitrogens is 1. The van der Waals surface area contributed by atoms with Crippen molar-refractivity contribution in [3.8, 4) is 0 Å². The monoisotopic (exact) mass is 486 g/mol. The molecular formula is C24H30N4O7. The van der Waals surface area contributed by atoms with Gasteiger partial charge in [-0.3, -0.25) is 19.2 Å². The molecular weight excluding hydrogens is 456 g/mol. The van der Waals surface area contributed by atoms with Gasteiger partial charge in [-0.05, 0) is 43.4 Å². The second-order valence-electron chi connectivity index (χ2n) is 8.23. The van der Waals surface area contributed by atoms with Gasteiger partial charge >= 0.3 is 5.97 Å². The number of pyridine rings is 1. The molecule has 1 unspecified atom stereocenters. The van der Waals surface area contributed by atoms with Crippen LogP contribution in [0.1, 0.15) is 43.5 Å². The molecule has 11 nitrogen and oxygen atoms in total. The van der Waals surface area contributed by atoms with Crippen molar-refractivity contribution in [1.82, 2.24) is 15.2 Å². The summed E-state index contributed by atoms with van der Waals surface area (Å²) in [7, 11) is 0. The lowest BCUT2D eigenvalue weighted by Crippen LogP contribution is -2.44. The molecule has 0 aliphatic rings. The maximum Gasteiger partial charge on any atom is 0.327 e. The van der Waals surface area contributed by atoms with Gasteiger partial charge in [-0.25, -0.2) is 4.79 Å². The van der Waals surface area contributed by atoms with Crippen LogP contribution in [0.3, 0.4) is 0 Å². The highest BCUT2D eigenvalue weighted by atomic mass is 16.4. The summed E-state index contributed by atoms with van der Waals surface area (Å²) in [4.78, 5) is 60.9. The SMILES string of the molecule is CC(C)CCNC(=O)Cn1cccc(NC(=O)C(CCC=CC(=O)O)NC(=O)c2ccoc2)c1=O. The van der Waals surface area contributed by atoms with Crippen LogP contribution >= 0.6 is 0 Å². The maximum atomic E-state index is 12.9. The molecule has 188 valence electrons. The number of hydrogen-bond donors (Lipinski definition) is 4. The first kappa shape index (κ1) is 27.1. The lowest BCUT2D eigenvalue weighted by molar-refractivity contribution is -0.131. The summed E-state index contributed by atoms with van der Waals surface area (Å²) in [6.07, 6.45) is 7.35. The van der Waals surface area contributed by atoms with Crippen molar-refractivity contribution in [2.75, 3.05) is 11.9 Å². The van der Waals surface area contributed by atoms with E-state index in [1.807, 2.05) is 13.8 Å². The van der Waals surface area contributed by atoms with E-state index in [0.29, 0.717) is 12.5 Å². The van der Waals surface area contributed by atoms with E-state index in [9.17, 15) is 24.0 Å². The molecule has 2 aromatic heterocycles. The molecule has 2 aromatic rings. The van der Waals surface area contributed by atoms with Gasteiger partial charge in [0.15, 0.2) is 0 Å². The van der Waals surface area contributed by atoms with Crippen molar-refractivity contribution in [3.05, 3.63) is 65.0 Å². The number of nitrogens with one attached hydrogen (secondary N) is 3. The molecule has 1 atom stereocenters. The number of nitrogens with zero attached hydrogens (tertiary/aromatic N) is 1. The number of carbonyl (C=O) groups excluding carboxylic acids is 3. The highest BCUT2D eigenvalue weighted by molar-refractivity contribution is 6.01. The Balaban J connectivity index is 2.10. The van der Waals surface area contributed by atoms with E-state index in [2.05, 4.69) is 16.0 Å². The molecule has 0 saturated carbocycles. The third-order valence-corrected chi connectivity index (χ3v) is 4.92. The molecule has 35 heavy (non-hydrogen) atoms.